The normalized spacial score (nSPS) is 16.1. The molecule has 3 N–H and O–H groups in total. The maximum Gasteiger partial charge on any atom is 0.337 e. The maximum atomic E-state index is 12.0. The van der Waals surface area contributed by atoms with E-state index in [-0.39, 0.29) is 23.3 Å². The van der Waals surface area contributed by atoms with Crippen LogP contribution in [0, 0.1) is 5.92 Å². The molecule has 108 valence electrons. The Morgan fingerprint density at radius 1 is 1.40 bits per heavy atom. The Morgan fingerprint density at radius 2 is 2.10 bits per heavy atom. The van der Waals surface area contributed by atoms with Crippen LogP contribution in [0.25, 0.3) is 0 Å². The SMILES string of the molecule is CC(NC(=O)Nc1c(Br)cccc1C(=O)O)C1CCC1. The van der Waals surface area contributed by atoms with Gasteiger partial charge in [0.15, 0.2) is 0 Å². The summed E-state index contributed by atoms with van der Waals surface area (Å²) in [6, 6.07) is 4.49. The highest BCUT2D eigenvalue weighted by atomic mass is 79.9. The lowest BCUT2D eigenvalue weighted by atomic mass is 9.80. The molecule has 0 spiro atoms. The fourth-order valence-corrected chi connectivity index (χ4v) is 2.71. The van der Waals surface area contributed by atoms with E-state index in [2.05, 4.69) is 26.6 Å². The third-order valence-electron chi connectivity index (χ3n) is 3.70. The average Bonchev–Trinajstić information content (AvgIpc) is 2.28. The molecule has 0 saturated heterocycles. The zero-order valence-corrected chi connectivity index (χ0v) is 12.7. The van der Waals surface area contributed by atoms with Gasteiger partial charge in [0, 0.05) is 10.5 Å². The van der Waals surface area contributed by atoms with Crippen molar-refractivity contribution in [3.8, 4) is 0 Å². The molecule has 2 rings (SSSR count). The number of hydrogen-bond acceptors (Lipinski definition) is 2. The van der Waals surface area contributed by atoms with E-state index in [0.717, 1.165) is 12.8 Å². The molecule has 1 aliphatic carbocycles. The van der Waals surface area contributed by atoms with Crippen LogP contribution in [0.3, 0.4) is 0 Å². The fraction of sp³-hybridized carbons (Fsp3) is 0.429. The molecule has 1 aromatic rings. The molecule has 1 aromatic carbocycles. The van der Waals surface area contributed by atoms with E-state index in [9.17, 15) is 9.59 Å². The Kier molecular flexibility index (Phi) is 4.65. The molecule has 20 heavy (non-hydrogen) atoms. The highest BCUT2D eigenvalue weighted by Gasteiger charge is 2.25. The molecular weight excluding hydrogens is 324 g/mol. The van der Waals surface area contributed by atoms with Crippen LogP contribution < -0.4 is 10.6 Å². The first-order chi connectivity index (χ1) is 9.49. The third kappa shape index (κ3) is 3.30. The lowest BCUT2D eigenvalue weighted by molar-refractivity contribution is 0.0698. The standard InChI is InChI=1S/C14H17BrN2O3/c1-8(9-4-2-5-9)16-14(20)17-12-10(13(18)19)6-3-7-11(12)15/h3,6-9H,2,4-5H2,1H3,(H,18,19)(H2,16,17,20). The topological polar surface area (TPSA) is 78.4 Å². The Hall–Kier alpha value is -1.56. The lowest BCUT2D eigenvalue weighted by Gasteiger charge is -2.31. The summed E-state index contributed by atoms with van der Waals surface area (Å²) in [5, 5.41) is 14.6. The quantitative estimate of drug-likeness (QED) is 0.785. The molecule has 0 heterocycles. The molecule has 0 aromatic heterocycles. The number of aromatic carboxylic acids is 1. The Balaban J connectivity index is 2.05. The number of carboxylic acids is 1. The maximum absolute atomic E-state index is 12.0. The molecule has 0 bridgehead atoms. The molecule has 1 saturated carbocycles. The van der Waals surface area contributed by atoms with Crippen LogP contribution >= 0.6 is 15.9 Å². The number of hydrogen-bond donors (Lipinski definition) is 3. The van der Waals surface area contributed by atoms with Gasteiger partial charge in [-0.15, -0.1) is 0 Å². The lowest BCUT2D eigenvalue weighted by Crippen LogP contribution is -2.42. The highest BCUT2D eigenvalue weighted by molar-refractivity contribution is 9.10. The van der Waals surface area contributed by atoms with E-state index in [1.807, 2.05) is 6.92 Å². The predicted molar refractivity (Wildman–Crippen MR) is 80.1 cm³/mol. The van der Waals surface area contributed by atoms with Crippen molar-refractivity contribution in [3.63, 3.8) is 0 Å². The van der Waals surface area contributed by atoms with E-state index < -0.39 is 5.97 Å². The first-order valence-corrected chi connectivity index (χ1v) is 7.37. The first kappa shape index (κ1) is 14.8. The Labute approximate surface area is 125 Å². The van der Waals surface area contributed by atoms with Gasteiger partial charge >= 0.3 is 12.0 Å². The minimum absolute atomic E-state index is 0.0609. The second-order valence-electron chi connectivity index (χ2n) is 5.05. The van der Waals surface area contributed by atoms with Crippen molar-refractivity contribution in [1.29, 1.82) is 0 Å². The van der Waals surface area contributed by atoms with Gasteiger partial charge in [-0.1, -0.05) is 12.5 Å². The van der Waals surface area contributed by atoms with Crippen molar-refractivity contribution in [1.82, 2.24) is 5.32 Å². The zero-order chi connectivity index (χ0) is 14.7. The number of carbonyl (C=O) groups excluding carboxylic acids is 1. The van der Waals surface area contributed by atoms with Gasteiger partial charge in [-0.3, -0.25) is 0 Å². The molecule has 0 radical (unpaired) electrons. The summed E-state index contributed by atoms with van der Waals surface area (Å²) < 4.78 is 0.545. The third-order valence-corrected chi connectivity index (χ3v) is 4.36. The number of carboxylic acid groups (broad SMARTS) is 1. The second kappa shape index (κ2) is 6.26. The molecule has 1 unspecified atom stereocenters. The number of carbonyl (C=O) groups is 2. The van der Waals surface area contributed by atoms with E-state index in [1.54, 1.807) is 12.1 Å². The molecule has 1 aliphatic rings. The minimum atomic E-state index is -1.08. The van der Waals surface area contributed by atoms with Gasteiger partial charge in [0.1, 0.15) is 0 Å². The minimum Gasteiger partial charge on any atom is -0.478 e. The summed E-state index contributed by atoms with van der Waals surface area (Å²) in [4.78, 5) is 23.1. The van der Waals surface area contributed by atoms with E-state index in [0.29, 0.717) is 10.4 Å². The van der Waals surface area contributed by atoms with E-state index in [4.69, 9.17) is 5.11 Å². The summed E-state index contributed by atoms with van der Waals surface area (Å²) in [6.45, 7) is 1.97. The van der Waals surface area contributed by atoms with Gasteiger partial charge in [-0.05, 0) is 53.7 Å². The Bertz CT molecular complexity index is 529. The van der Waals surface area contributed by atoms with Crippen LogP contribution in [0.1, 0.15) is 36.5 Å². The van der Waals surface area contributed by atoms with Crippen molar-refractivity contribution >= 4 is 33.6 Å². The first-order valence-electron chi connectivity index (χ1n) is 6.58. The van der Waals surface area contributed by atoms with Crippen molar-refractivity contribution in [3.05, 3.63) is 28.2 Å². The summed E-state index contributed by atoms with van der Waals surface area (Å²) in [7, 11) is 0. The summed E-state index contributed by atoms with van der Waals surface area (Å²) in [6.07, 6.45) is 3.49. The Morgan fingerprint density at radius 3 is 2.65 bits per heavy atom. The van der Waals surface area contributed by atoms with Crippen LogP contribution in [0.4, 0.5) is 10.5 Å². The van der Waals surface area contributed by atoms with Crippen LogP contribution in [0.5, 0.6) is 0 Å². The van der Waals surface area contributed by atoms with Gasteiger partial charge in [0.2, 0.25) is 0 Å². The number of para-hydroxylation sites is 1. The average molecular weight is 341 g/mol. The van der Waals surface area contributed by atoms with Gasteiger partial charge in [-0.25, -0.2) is 9.59 Å². The highest BCUT2D eigenvalue weighted by Crippen LogP contribution is 2.30. The van der Waals surface area contributed by atoms with Gasteiger partial charge in [0.25, 0.3) is 0 Å². The second-order valence-corrected chi connectivity index (χ2v) is 5.90. The van der Waals surface area contributed by atoms with Gasteiger partial charge < -0.3 is 15.7 Å². The number of anilines is 1. The number of urea groups is 1. The largest absolute Gasteiger partial charge is 0.478 e. The van der Waals surface area contributed by atoms with E-state index >= 15 is 0 Å². The molecular formula is C14H17BrN2O3. The van der Waals surface area contributed by atoms with Crippen molar-refractivity contribution < 1.29 is 14.7 Å². The molecule has 1 fully saturated rings. The van der Waals surface area contributed by atoms with Gasteiger partial charge in [0.05, 0.1) is 11.3 Å². The van der Waals surface area contributed by atoms with Crippen LogP contribution in [-0.2, 0) is 0 Å². The monoisotopic (exact) mass is 340 g/mol. The smallest absolute Gasteiger partial charge is 0.337 e. The van der Waals surface area contributed by atoms with Crippen LogP contribution in [0.2, 0.25) is 0 Å². The molecule has 2 amide bonds. The van der Waals surface area contributed by atoms with E-state index in [1.165, 1.54) is 12.5 Å². The van der Waals surface area contributed by atoms with Crippen LogP contribution in [0.15, 0.2) is 22.7 Å². The van der Waals surface area contributed by atoms with Crippen molar-refractivity contribution in [2.45, 2.75) is 32.2 Å². The molecule has 1 atom stereocenters. The molecule has 5 nitrogen and oxygen atoms in total. The number of nitrogens with one attached hydrogen (secondary N) is 2. The number of rotatable bonds is 4. The predicted octanol–water partition coefficient (Wildman–Crippen LogP) is 3.46. The van der Waals surface area contributed by atoms with Crippen LogP contribution in [-0.4, -0.2) is 23.1 Å². The van der Waals surface area contributed by atoms with Gasteiger partial charge in [-0.2, -0.15) is 0 Å². The number of benzene rings is 1. The van der Waals surface area contributed by atoms with Crippen molar-refractivity contribution in [2.24, 2.45) is 5.92 Å². The number of halogens is 1. The molecule has 0 aliphatic heterocycles. The zero-order valence-electron chi connectivity index (χ0n) is 11.1. The summed E-state index contributed by atoms with van der Waals surface area (Å²) in [5.41, 5.74) is 0.337. The fourth-order valence-electron chi connectivity index (χ4n) is 2.24. The number of amides is 2. The van der Waals surface area contributed by atoms with Crippen molar-refractivity contribution in [2.75, 3.05) is 5.32 Å². The molecule has 6 heteroatoms. The summed E-state index contributed by atoms with van der Waals surface area (Å²) in [5.74, 6) is -0.549. The summed E-state index contributed by atoms with van der Waals surface area (Å²) >= 11 is 3.26.